The molecule has 0 saturated carbocycles. The predicted molar refractivity (Wildman–Crippen MR) is 146 cm³/mol. The second-order valence-corrected chi connectivity index (χ2v) is 8.66. The minimum absolute atomic E-state index is 0.0948. The zero-order chi connectivity index (χ0) is 27.8. The number of hydrogen-bond acceptors (Lipinski definition) is 5. The van der Waals surface area contributed by atoms with Gasteiger partial charge < -0.3 is 31.5 Å². The Morgan fingerprint density at radius 1 is 0.744 bits per heavy atom. The Labute approximate surface area is 223 Å². The monoisotopic (exact) mass is 526 g/mol. The summed E-state index contributed by atoms with van der Waals surface area (Å²) >= 11 is 0. The average molecular weight is 527 g/mol. The van der Waals surface area contributed by atoms with Gasteiger partial charge in [-0.05, 0) is 53.4 Å². The van der Waals surface area contributed by atoms with Crippen molar-refractivity contribution >= 4 is 40.3 Å². The van der Waals surface area contributed by atoms with Gasteiger partial charge in [0.2, 0.25) is 0 Å². The third kappa shape index (κ3) is 7.10. The number of carbonyl (C=O) groups excluding carboxylic acids is 3. The van der Waals surface area contributed by atoms with Crippen LogP contribution in [0.3, 0.4) is 0 Å². The smallest absolute Gasteiger partial charge is 0.328 e. The van der Waals surface area contributed by atoms with Crippen molar-refractivity contribution in [1.82, 2.24) is 16.0 Å². The van der Waals surface area contributed by atoms with Crippen molar-refractivity contribution < 1.29 is 29.4 Å². The molecule has 39 heavy (non-hydrogen) atoms. The normalized spacial score (nSPS) is 11.3. The lowest BCUT2D eigenvalue weighted by atomic mass is 10.1. The summed E-state index contributed by atoms with van der Waals surface area (Å²) in [6, 6.07) is 23.1. The maximum atomic E-state index is 12.6. The number of amides is 4. The Kier molecular flexibility index (Phi) is 8.37. The van der Waals surface area contributed by atoms with Crippen molar-refractivity contribution in [3.63, 3.8) is 0 Å². The van der Waals surface area contributed by atoms with Crippen LogP contribution < -0.4 is 21.3 Å². The molecule has 0 spiro atoms. The fourth-order valence-electron chi connectivity index (χ4n) is 3.86. The van der Waals surface area contributed by atoms with E-state index in [0.29, 0.717) is 11.3 Å². The second kappa shape index (κ2) is 12.2. The van der Waals surface area contributed by atoms with Gasteiger partial charge in [0.1, 0.15) is 11.8 Å². The first-order valence-electron chi connectivity index (χ1n) is 12.0. The van der Waals surface area contributed by atoms with Gasteiger partial charge in [0.25, 0.3) is 11.8 Å². The standard InChI is InChI=1S/C29H26N4O6/c34-22-8-3-5-18(15-22)16-30-26(35)20-11-13-21(14-12-20)27(36)32-25(28(37)38)17-31-29(39)33-24-10-4-7-19-6-1-2-9-23(19)24/h1-15,25,34H,16-17H2,(H,30,35)(H,32,36)(H,37,38)(H2,31,33,39). The van der Waals surface area contributed by atoms with Gasteiger partial charge in [-0.15, -0.1) is 0 Å². The largest absolute Gasteiger partial charge is 0.508 e. The number of phenolic OH excluding ortho intramolecular Hbond substituents is 1. The summed E-state index contributed by atoms with van der Waals surface area (Å²) in [7, 11) is 0. The van der Waals surface area contributed by atoms with Crippen LogP contribution in [-0.4, -0.2) is 46.6 Å². The number of urea groups is 1. The molecule has 0 aliphatic rings. The molecule has 10 heteroatoms. The molecule has 4 aromatic rings. The molecule has 10 nitrogen and oxygen atoms in total. The van der Waals surface area contributed by atoms with Gasteiger partial charge in [0, 0.05) is 23.1 Å². The fraction of sp³-hybridized carbons (Fsp3) is 0.103. The summed E-state index contributed by atoms with van der Waals surface area (Å²) in [4.78, 5) is 49.2. The molecule has 6 N–H and O–H groups in total. The minimum atomic E-state index is -1.39. The number of hydrogen-bond donors (Lipinski definition) is 6. The van der Waals surface area contributed by atoms with Crippen LogP contribution in [0.15, 0.2) is 91.0 Å². The molecule has 0 aliphatic carbocycles. The average Bonchev–Trinajstić information content (AvgIpc) is 2.94. The highest BCUT2D eigenvalue weighted by Gasteiger charge is 2.22. The third-order valence-corrected chi connectivity index (χ3v) is 5.88. The molecule has 0 heterocycles. The van der Waals surface area contributed by atoms with Gasteiger partial charge in [-0.2, -0.15) is 0 Å². The lowest BCUT2D eigenvalue weighted by molar-refractivity contribution is -0.139. The number of carbonyl (C=O) groups is 4. The quantitative estimate of drug-likeness (QED) is 0.196. The molecule has 4 rings (SSSR count). The van der Waals surface area contributed by atoms with Gasteiger partial charge in [-0.25, -0.2) is 9.59 Å². The van der Waals surface area contributed by atoms with E-state index in [9.17, 15) is 29.4 Å². The van der Waals surface area contributed by atoms with E-state index in [0.717, 1.165) is 16.3 Å². The number of phenols is 1. The van der Waals surface area contributed by atoms with Crippen LogP contribution in [0.5, 0.6) is 5.75 Å². The fourth-order valence-corrected chi connectivity index (χ4v) is 3.86. The first kappa shape index (κ1) is 26.7. The van der Waals surface area contributed by atoms with E-state index in [2.05, 4.69) is 21.3 Å². The molecule has 0 radical (unpaired) electrons. The van der Waals surface area contributed by atoms with E-state index in [4.69, 9.17) is 0 Å². The van der Waals surface area contributed by atoms with E-state index >= 15 is 0 Å². The Morgan fingerprint density at radius 3 is 2.13 bits per heavy atom. The molecule has 0 bridgehead atoms. The molecule has 1 unspecified atom stereocenters. The molecule has 0 aliphatic heterocycles. The molecule has 4 amide bonds. The van der Waals surface area contributed by atoms with Gasteiger partial charge >= 0.3 is 12.0 Å². The zero-order valence-corrected chi connectivity index (χ0v) is 20.7. The number of aliphatic carboxylic acids is 1. The summed E-state index contributed by atoms with van der Waals surface area (Å²) in [6.07, 6.45) is 0. The molecule has 0 fully saturated rings. The number of carboxylic acid groups (broad SMARTS) is 1. The van der Waals surface area contributed by atoms with E-state index < -0.39 is 23.9 Å². The number of fused-ring (bicyclic) bond motifs is 1. The van der Waals surface area contributed by atoms with E-state index in [1.165, 1.54) is 36.4 Å². The van der Waals surface area contributed by atoms with E-state index in [1.54, 1.807) is 24.3 Å². The molecule has 4 aromatic carbocycles. The van der Waals surface area contributed by atoms with E-state index in [-0.39, 0.29) is 30.3 Å². The predicted octanol–water partition coefficient (Wildman–Crippen LogP) is 3.48. The summed E-state index contributed by atoms with van der Waals surface area (Å²) in [5, 5.41) is 31.1. The number of benzene rings is 4. The minimum Gasteiger partial charge on any atom is -0.508 e. The highest BCUT2D eigenvalue weighted by atomic mass is 16.4. The van der Waals surface area contributed by atoms with Crippen molar-refractivity contribution in [2.75, 3.05) is 11.9 Å². The van der Waals surface area contributed by atoms with Gasteiger partial charge in [0.05, 0.1) is 12.2 Å². The van der Waals surface area contributed by atoms with Crippen LogP contribution in [0.25, 0.3) is 10.8 Å². The molecular weight excluding hydrogens is 500 g/mol. The van der Waals surface area contributed by atoms with Crippen molar-refractivity contribution in [2.24, 2.45) is 0 Å². The molecule has 1 atom stereocenters. The van der Waals surface area contributed by atoms with Crippen LogP contribution in [0.4, 0.5) is 10.5 Å². The summed E-state index contributed by atoms with van der Waals surface area (Å²) in [5.74, 6) is -2.28. The van der Waals surface area contributed by atoms with Gasteiger partial charge in [0.15, 0.2) is 0 Å². The highest BCUT2D eigenvalue weighted by Crippen LogP contribution is 2.22. The molecular formula is C29H26N4O6. The maximum Gasteiger partial charge on any atom is 0.328 e. The van der Waals surface area contributed by atoms with Gasteiger partial charge in [-0.1, -0.05) is 48.5 Å². The number of anilines is 1. The number of rotatable bonds is 9. The molecule has 0 saturated heterocycles. The molecule has 198 valence electrons. The third-order valence-electron chi connectivity index (χ3n) is 5.88. The topological polar surface area (TPSA) is 157 Å². The van der Waals surface area contributed by atoms with Crippen LogP contribution in [-0.2, 0) is 11.3 Å². The first-order valence-corrected chi connectivity index (χ1v) is 12.0. The Balaban J connectivity index is 1.30. The Bertz CT molecular complexity index is 1510. The van der Waals surface area contributed by atoms with Crippen LogP contribution >= 0.6 is 0 Å². The van der Waals surface area contributed by atoms with Crippen molar-refractivity contribution in [1.29, 1.82) is 0 Å². The first-order chi connectivity index (χ1) is 18.8. The van der Waals surface area contributed by atoms with E-state index in [1.807, 2.05) is 30.3 Å². The summed E-state index contributed by atoms with van der Waals surface area (Å²) in [6.45, 7) is -0.149. The number of nitrogens with one attached hydrogen (secondary N) is 4. The van der Waals surface area contributed by atoms with Crippen LogP contribution in [0, 0.1) is 0 Å². The second-order valence-electron chi connectivity index (χ2n) is 8.66. The van der Waals surface area contributed by atoms with Crippen LogP contribution in [0.1, 0.15) is 26.3 Å². The Morgan fingerprint density at radius 2 is 1.41 bits per heavy atom. The number of carboxylic acids is 1. The van der Waals surface area contributed by atoms with Crippen molar-refractivity contribution in [2.45, 2.75) is 12.6 Å². The molecule has 0 aromatic heterocycles. The number of aromatic hydroxyl groups is 1. The van der Waals surface area contributed by atoms with Crippen molar-refractivity contribution in [3.05, 3.63) is 108 Å². The Hall–Kier alpha value is -5.38. The highest BCUT2D eigenvalue weighted by molar-refractivity contribution is 6.02. The summed E-state index contributed by atoms with van der Waals surface area (Å²) in [5.41, 5.74) is 1.73. The zero-order valence-electron chi connectivity index (χ0n) is 20.7. The SMILES string of the molecule is O=C(NCC(NC(=O)c1ccc(C(=O)NCc2cccc(O)c2)cc1)C(=O)O)Nc1cccc2ccccc12. The van der Waals surface area contributed by atoms with Crippen LogP contribution in [0.2, 0.25) is 0 Å². The lowest BCUT2D eigenvalue weighted by Crippen LogP contribution is -2.49. The maximum absolute atomic E-state index is 12.6. The van der Waals surface area contributed by atoms with Gasteiger partial charge in [-0.3, -0.25) is 9.59 Å². The van der Waals surface area contributed by atoms with Crippen molar-refractivity contribution in [3.8, 4) is 5.75 Å². The summed E-state index contributed by atoms with van der Waals surface area (Å²) < 4.78 is 0. The lowest BCUT2D eigenvalue weighted by Gasteiger charge is -2.16.